The number of benzene rings is 3. The Bertz CT molecular complexity index is 1570. The van der Waals surface area contributed by atoms with Crippen molar-refractivity contribution in [3.63, 3.8) is 0 Å². The molecule has 0 saturated heterocycles. The van der Waals surface area contributed by atoms with E-state index in [0.29, 0.717) is 39.6 Å². The third kappa shape index (κ3) is 5.22. The van der Waals surface area contributed by atoms with Gasteiger partial charge in [-0.1, -0.05) is 23.7 Å². The van der Waals surface area contributed by atoms with Gasteiger partial charge in [0.1, 0.15) is 0 Å². The first-order chi connectivity index (χ1) is 18.3. The number of rotatable bonds is 7. The highest BCUT2D eigenvalue weighted by Gasteiger charge is 2.29. The van der Waals surface area contributed by atoms with Crippen LogP contribution in [0.5, 0.6) is 0 Å². The predicted octanol–water partition coefficient (Wildman–Crippen LogP) is 4.85. The molecule has 1 aliphatic rings. The molecule has 0 bridgehead atoms. The van der Waals surface area contributed by atoms with Gasteiger partial charge in [0, 0.05) is 59.9 Å². The summed E-state index contributed by atoms with van der Waals surface area (Å²) in [5, 5.41) is 6.88. The molecule has 1 aliphatic heterocycles. The first kappa shape index (κ1) is 25.4. The average Bonchev–Trinajstić information content (AvgIpc) is 3.24. The van der Waals surface area contributed by atoms with Gasteiger partial charge in [0.15, 0.2) is 0 Å². The second-order valence-corrected chi connectivity index (χ2v) is 9.82. The Morgan fingerprint density at radius 1 is 0.895 bits per heavy atom. The van der Waals surface area contributed by atoms with E-state index in [4.69, 9.17) is 11.6 Å². The molecule has 3 aromatic carbocycles. The van der Waals surface area contributed by atoms with Gasteiger partial charge in [-0.25, -0.2) is 0 Å². The number of halogens is 1. The van der Waals surface area contributed by atoms with Gasteiger partial charge in [0.2, 0.25) is 0 Å². The smallest absolute Gasteiger partial charge is 0.258 e. The highest BCUT2D eigenvalue weighted by molar-refractivity contribution is 6.38. The van der Waals surface area contributed by atoms with Crippen molar-refractivity contribution >= 4 is 57.1 Å². The van der Waals surface area contributed by atoms with E-state index >= 15 is 0 Å². The molecule has 0 unspecified atom stereocenters. The Labute approximate surface area is 226 Å². The van der Waals surface area contributed by atoms with Gasteiger partial charge < -0.3 is 20.4 Å². The number of amides is 2. The fourth-order valence-electron chi connectivity index (χ4n) is 4.30. The van der Waals surface area contributed by atoms with E-state index in [1.54, 1.807) is 48.6 Å². The summed E-state index contributed by atoms with van der Waals surface area (Å²) in [5.74, 6) is -0.288. The maximum absolute atomic E-state index is 13.2. The minimum absolute atomic E-state index is 0.0499. The number of nitrogens with one attached hydrogen (secondary N) is 2. The number of likely N-dealkylation sites (N-methyl/N-ethyl adjacent to an activating group) is 2. The lowest BCUT2D eigenvalue weighted by molar-refractivity contribution is -0.110. The molecule has 0 fully saturated rings. The minimum atomic E-state index is -0.238. The SMILES string of the molecule is CN(C)CCN(C)C(=O)c1ccc(N/C(=C2\C(=O)Nc3cc(Cl)ccc32)c2ccc3nccnc3c2)cc1. The van der Waals surface area contributed by atoms with E-state index in [1.807, 2.05) is 55.4 Å². The van der Waals surface area contributed by atoms with Crippen LogP contribution in [0, 0.1) is 0 Å². The second kappa shape index (κ2) is 10.6. The van der Waals surface area contributed by atoms with Crippen LogP contribution < -0.4 is 10.6 Å². The summed E-state index contributed by atoms with van der Waals surface area (Å²) in [6.45, 7) is 1.41. The van der Waals surface area contributed by atoms with Crippen molar-refractivity contribution in [2.45, 2.75) is 0 Å². The highest BCUT2D eigenvalue weighted by Crippen LogP contribution is 2.39. The highest BCUT2D eigenvalue weighted by atomic mass is 35.5. The first-order valence-electron chi connectivity index (χ1n) is 12.1. The molecule has 38 heavy (non-hydrogen) atoms. The number of nitrogens with zero attached hydrogens (tertiary/aromatic N) is 4. The van der Waals surface area contributed by atoms with E-state index in [9.17, 15) is 9.59 Å². The van der Waals surface area contributed by atoms with Gasteiger partial charge in [-0.05, 0) is 62.6 Å². The first-order valence-corrected chi connectivity index (χ1v) is 12.5. The van der Waals surface area contributed by atoms with Gasteiger partial charge in [-0.15, -0.1) is 0 Å². The van der Waals surface area contributed by atoms with E-state index in [0.717, 1.165) is 28.9 Å². The van der Waals surface area contributed by atoms with Gasteiger partial charge in [-0.2, -0.15) is 0 Å². The summed E-state index contributed by atoms with van der Waals surface area (Å²) >= 11 is 6.18. The minimum Gasteiger partial charge on any atom is -0.354 e. The second-order valence-electron chi connectivity index (χ2n) is 9.39. The van der Waals surface area contributed by atoms with Crippen molar-refractivity contribution in [2.75, 3.05) is 44.9 Å². The summed E-state index contributed by atoms with van der Waals surface area (Å²) in [4.78, 5) is 38.6. The number of fused-ring (bicyclic) bond motifs is 2. The molecule has 1 aromatic heterocycles. The monoisotopic (exact) mass is 526 g/mol. The van der Waals surface area contributed by atoms with Crippen LogP contribution in [0.4, 0.5) is 11.4 Å². The molecular weight excluding hydrogens is 500 g/mol. The van der Waals surface area contributed by atoms with Crippen molar-refractivity contribution in [2.24, 2.45) is 0 Å². The van der Waals surface area contributed by atoms with Crippen LogP contribution in [0.25, 0.3) is 22.3 Å². The lowest BCUT2D eigenvalue weighted by Crippen LogP contribution is -2.33. The van der Waals surface area contributed by atoms with Crippen molar-refractivity contribution in [3.8, 4) is 0 Å². The fourth-order valence-corrected chi connectivity index (χ4v) is 4.48. The summed E-state index contributed by atoms with van der Waals surface area (Å²) < 4.78 is 0. The quantitative estimate of drug-likeness (QED) is 0.335. The predicted molar refractivity (Wildman–Crippen MR) is 152 cm³/mol. The molecule has 0 saturated carbocycles. The Morgan fingerprint density at radius 3 is 2.34 bits per heavy atom. The van der Waals surface area contributed by atoms with Crippen molar-refractivity contribution in [3.05, 3.63) is 94.8 Å². The van der Waals surface area contributed by atoms with Crippen LogP contribution in [0.2, 0.25) is 5.02 Å². The molecule has 2 heterocycles. The van der Waals surface area contributed by atoms with Gasteiger partial charge in [-0.3, -0.25) is 19.6 Å². The van der Waals surface area contributed by atoms with Crippen LogP contribution in [0.15, 0.2) is 73.1 Å². The Kier molecular flexibility index (Phi) is 7.09. The summed E-state index contributed by atoms with van der Waals surface area (Å²) in [6, 6.07) is 18.3. The summed E-state index contributed by atoms with van der Waals surface area (Å²) in [7, 11) is 5.75. The van der Waals surface area contributed by atoms with Crippen LogP contribution in [0.3, 0.4) is 0 Å². The van der Waals surface area contributed by atoms with E-state index < -0.39 is 0 Å². The molecule has 0 atom stereocenters. The normalized spacial score (nSPS) is 13.9. The van der Waals surface area contributed by atoms with Crippen LogP contribution in [-0.2, 0) is 4.79 Å². The zero-order valence-corrected chi connectivity index (χ0v) is 22.1. The molecule has 8 nitrogen and oxygen atoms in total. The van der Waals surface area contributed by atoms with Crippen molar-refractivity contribution < 1.29 is 9.59 Å². The largest absolute Gasteiger partial charge is 0.354 e. The Morgan fingerprint density at radius 2 is 1.61 bits per heavy atom. The molecule has 0 radical (unpaired) electrons. The number of hydrogen-bond acceptors (Lipinski definition) is 6. The third-order valence-electron chi connectivity index (χ3n) is 6.36. The topological polar surface area (TPSA) is 90.5 Å². The molecule has 192 valence electrons. The van der Waals surface area contributed by atoms with Crippen LogP contribution >= 0.6 is 11.6 Å². The molecule has 4 aromatic rings. The standard InChI is InChI=1S/C29H27ClN6O2/c1-35(2)14-15-36(3)29(38)18-4-8-21(9-5-18)33-27(19-6-11-23-25(16-19)32-13-12-31-23)26-22-10-7-20(30)17-24(22)34-28(26)37/h4-13,16-17,33H,14-15H2,1-3H3,(H,34,37)/b27-26-. The van der Waals surface area contributed by atoms with E-state index in [1.165, 1.54) is 0 Å². The fraction of sp³-hybridized carbons (Fsp3) is 0.172. The zero-order chi connectivity index (χ0) is 26.8. The Balaban J connectivity index is 1.53. The number of aromatic nitrogens is 2. The van der Waals surface area contributed by atoms with Crippen molar-refractivity contribution in [1.29, 1.82) is 0 Å². The average molecular weight is 527 g/mol. The summed E-state index contributed by atoms with van der Waals surface area (Å²) in [5.41, 5.74) is 6.05. The molecular formula is C29H27ClN6O2. The lowest BCUT2D eigenvalue weighted by atomic mass is 9.99. The molecule has 5 rings (SSSR count). The number of carbonyl (C=O) groups is 2. The zero-order valence-electron chi connectivity index (χ0n) is 21.3. The molecule has 9 heteroatoms. The lowest BCUT2D eigenvalue weighted by Gasteiger charge is -2.20. The number of carbonyl (C=O) groups excluding carboxylic acids is 2. The summed E-state index contributed by atoms with van der Waals surface area (Å²) in [6.07, 6.45) is 3.28. The molecule has 2 N–H and O–H groups in total. The number of hydrogen-bond donors (Lipinski definition) is 2. The van der Waals surface area contributed by atoms with Gasteiger partial charge in [0.25, 0.3) is 11.8 Å². The Hall–Kier alpha value is -4.27. The van der Waals surface area contributed by atoms with E-state index in [-0.39, 0.29) is 11.8 Å². The third-order valence-corrected chi connectivity index (χ3v) is 6.60. The van der Waals surface area contributed by atoms with E-state index in [2.05, 4.69) is 20.6 Å². The van der Waals surface area contributed by atoms with Crippen LogP contribution in [-0.4, -0.2) is 65.8 Å². The van der Waals surface area contributed by atoms with Gasteiger partial charge in [0.05, 0.1) is 28.0 Å². The molecule has 0 aliphatic carbocycles. The number of anilines is 2. The van der Waals surface area contributed by atoms with Crippen LogP contribution in [0.1, 0.15) is 21.5 Å². The maximum Gasteiger partial charge on any atom is 0.258 e. The molecule has 2 amide bonds. The van der Waals surface area contributed by atoms with Gasteiger partial charge >= 0.3 is 0 Å². The molecule has 0 spiro atoms. The van der Waals surface area contributed by atoms with Crippen molar-refractivity contribution in [1.82, 2.24) is 19.8 Å². The maximum atomic E-state index is 13.2.